The number of ether oxygens (including phenoxy) is 1. The third-order valence-corrected chi connectivity index (χ3v) is 5.05. The molecule has 0 heterocycles. The van der Waals surface area contributed by atoms with Crippen LogP contribution in [0.1, 0.15) is 12.5 Å². The summed E-state index contributed by atoms with van der Waals surface area (Å²) in [5, 5.41) is 0. The van der Waals surface area contributed by atoms with Gasteiger partial charge in [-0.15, -0.1) is 0 Å². The van der Waals surface area contributed by atoms with Gasteiger partial charge >= 0.3 is 0 Å². The van der Waals surface area contributed by atoms with E-state index in [0.717, 1.165) is 18.9 Å². The van der Waals surface area contributed by atoms with E-state index in [4.69, 9.17) is 10.5 Å². The van der Waals surface area contributed by atoms with Crippen molar-refractivity contribution in [2.75, 3.05) is 13.2 Å². The molecule has 94 valence electrons. The van der Waals surface area contributed by atoms with Crippen molar-refractivity contribution in [1.29, 1.82) is 0 Å². The average Bonchev–Trinajstić information content (AvgIpc) is 2.30. The van der Waals surface area contributed by atoms with E-state index in [-0.39, 0.29) is 0 Å². The van der Waals surface area contributed by atoms with Crippen molar-refractivity contribution in [3.05, 3.63) is 41.6 Å². The Balaban J connectivity index is 2.76. The lowest BCUT2D eigenvalue weighted by Crippen LogP contribution is -2.23. The van der Waals surface area contributed by atoms with Gasteiger partial charge < -0.3 is 10.5 Å². The van der Waals surface area contributed by atoms with E-state index in [1.165, 1.54) is 5.56 Å². The fraction of sp³-hybridized carbons (Fsp3) is 0.429. The molecular weight excluding hydrogens is 226 g/mol. The van der Waals surface area contributed by atoms with Gasteiger partial charge in [0.15, 0.2) is 0 Å². The molecule has 0 aliphatic carbocycles. The van der Waals surface area contributed by atoms with Crippen LogP contribution in [0.25, 0.3) is 6.08 Å². The Morgan fingerprint density at radius 2 is 2.00 bits per heavy atom. The van der Waals surface area contributed by atoms with E-state index >= 15 is 0 Å². The van der Waals surface area contributed by atoms with Crippen molar-refractivity contribution in [2.45, 2.75) is 25.6 Å². The molecule has 1 aromatic rings. The first kappa shape index (κ1) is 14.0. The van der Waals surface area contributed by atoms with Crippen LogP contribution in [0.4, 0.5) is 0 Å². The van der Waals surface area contributed by atoms with Crippen molar-refractivity contribution in [2.24, 2.45) is 5.73 Å². The number of nitrogens with two attached hydrogens (primary N) is 1. The molecule has 0 saturated heterocycles. The molecular formula is C14H23NOSi. The predicted octanol–water partition coefficient (Wildman–Crippen LogP) is 2.88. The molecule has 17 heavy (non-hydrogen) atoms. The van der Waals surface area contributed by atoms with Gasteiger partial charge in [-0.1, -0.05) is 43.4 Å². The predicted molar refractivity (Wildman–Crippen MR) is 77.7 cm³/mol. The van der Waals surface area contributed by atoms with E-state index < -0.39 is 8.80 Å². The summed E-state index contributed by atoms with van der Waals surface area (Å²) in [6.07, 6.45) is 2.08. The van der Waals surface area contributed by atoms with Gasteiger partial charge in [-0.3, -0.25) is 0 Å². The molecule has 0 aliphatic heterocycles. The van der Waals surface area contributed by atoms with Crippen molar-refractivity contribution in [3.63, 3.8) is 0 Å². The Bertz CT molecular complexity index is 348. The van der Waals surface area contributed by atoms with Crippen molar-refractivity contribution >= 4 is 14.9 Å². The smallest absolute Gasteiger partial charge is 0.0521 e. The maximum atomic E-state index is 6.21. The first-order chi connectivity index (χ1) is 8.15. The molecule has 2 nitrogen and oxygen atoms in total. The van der Waals surface area contributed by atoms with Gasteiger partial charge in [0.2, 0.25) is 0 Å². The summed E-state index contributed by atoms with van der Waals surface area (Å²) >= 11 is 0. The monoisotopic (exact) mass is 249 g/mol. The van der Waals surface area contributed by atoms with E-state index in [1.54, 1.807) is 0 Å². The van der Waals surface area contributed by atoms with Gasteiger partial charge in [-0.25, -0.2) is 0 Å². The quantitative estimate of drug-likeness (QED) is 0.787. The zero-order valence-electron chi connectivity index (χ0n) is 11.0. The maximum absolute atomic E-state index is 6.21. The van der Waals surface area contributed by atoms with E-state index in [2.05, 4.69) is 31.3 Å². The highest BCUT2D eigenvalue weighted by atomic mass is 28.3. The number of rotatable bonds is 6. The lowest BCUT2D eigenvalue weighted by atomic mass is 10.1. The first-order valence-electron chi connectivity index (χ1n) is 6.25. The summed E-state index contributed by atoms with van der Waals surface area (Å²) in [5.41, 5.74) is 8.77. The molecule has 1 unspecified atom stereocenters. The van der Waals surface area contributed by atoms with Gasteiger partial charge in [-0.05, 0) is 18.6 Å². The second-order valence-electron chi connectivity index (χ2n) is 4.56. The van der Waals surface area contributed by atoms with Crippen LogP contribution in [0, 0.1) is 0 Å². The Kier molecular flexibility index (Phi) is 6.01. The van der Waals surface area contributed by atoms with Gasteiger partial charge in [0.1, 0.15) is 0 Å². The van der Waals surface area contributed by atoms with Gasteiger partial charge in [-0.2, -0.15) is 0 Å². The van der Waals surface area contributed by atoms with Crippen LogP contribution in [0.3, 0.4) is 0 Å². The van der Waals surface area contributed by atoms with Crippen molar-refractivity contribution in [3.8, 4) is 0 Å². The van der Waals surface area contributed by atoms with Crippen LogP contribution in [0.5, 0.6) is 0 Å². The largest absolute Gasteiger partial charge is 0.402 e. The maximum Gasteiger partial charge on any atom is 0.0521 e. The third-order valence-electron chi connectivity index (χ3n) is 2.87. The van der Waals surface area contributed by atoms with E-state index in [0.29, 0.717) is 5.54 Å². The van der Waals surface area contributed by atoms with Crippen LogP contribution in [0.15, 0.2) is 36.0 Å². The minimum absolute atomic E-state index is 0.426. The van der Waals surface area contributed by atoms with Crippen LogP contribution < -0.4 is 5.73 Å². The standard InChI is InChI=1S/C14H23NOSi/c1-4-16-11-14(17(2)3)13(15)10-12-8-6-5-7-9-12/h5-10,14,17H,4,11,15H2,1-3H3/b13-10+. The summed E-state index contributed by atoms with van der Waals surface area (Å²) < 4.78 is 5.53. The van der Waals surface area contributed by atoms with Crippen molar-refractivity contribution < 1.29 is 4.74 Å². The van der Waals surface area contributed by atoms with Crippen LogP contribution >= 0.6 is 0 Å². The number of hydrogen-bond acceptors (Lipinski definition) is 2. The van der Waals surface area contributed by atoms with Crippen molar-refractivity contribution in [1.82, 2.24) is 0 Å². The number of benzene rings is 1. The Morgan fingerprint density at radius 1 is 1.35 bits per heavy atom. The van der Waals surface area contributed by atoms with E-state index in [9.17, 15) is 0 Å². The van der Waals surface area contributed by atoms with Crippen LogP contribution in [-0.4, -0.2) is 22.0 Å². The normalized spacial score (nSPS) is 14.0. The number of hydrogen-bond donors (Lipinski definition) is 1. The summed E-state index contributed by atoms with van der Waals surface area (Å²) in [7, 11) is -0.834. The molecule has 0 radical (unpaired) electrons. The fourth-order valence-corrected chi connectivity index (χ4v) is 3.15. The molecule has 3 heteroatoms. The average molecular weight is 249 g/mol. The minimum Gasteiger partial charge on any atom is -0.402 e. The molecule has 0 aromatic heterocycles. The second kappa shape index (κ2) is 7.30. The SMILES string of the molecule is CCOCC(/C(N)=C\c1ccccc1)[SiH](C)C. The highest BCUT2D eigenvalue weighted by Gasteiger charge is 2.17. The Morgan fingerprint density at radius 3 is 2.53 bits per heavy atom. The summed E-state index contributed by atoms with van der Waals surface area (Å²) in [6.45, 7) is 8.17. The summed E-state index contributed by atoms with van der Waals surface area (Å²) in [6, 6.07) is 10.2. The van der Waals surface area contributed by atoms with Gasteiger partial charge in [0.25, 0.3) is 0 Å². The summed E-state index contributed by atoms with van der Waals surface area (Å²) in [4.78, 5) is 0. The molecule has 0 aliphatic rings. The molecule has 0 spiro atoms. The molecule has 1 rings (SSSR count). The zero-order valence-corrected chi connectivity index (χ0v) is 12.2. The highest BCUT2D eigenvalue weighted by molar-refractivity contribution is 6.58. The van der Waals surface area contributed by atoms with Gasteiger partial charge in [0.05, 0.1) is 6.61 Å². The lowest BCUT2D eigenvalue weighted by Gasteiger charge is -2.20. The molecule has 1 aromatic carbocycles. The van der Waals surface area contributed by atoms with Crippen LogP contribution in [0.2, 0.25) is 18.6 Å². The topological polar surface area (TPSA) is 35.2 Å². The lowest BCUT2D eigenvalue weighted by molar-refractivity contribution is 0.150. The molecule has 0 bridgehead atoms. The van der Waals surface area contributed by atoms with Crippen LogP contribution in [-0.2, 0) is 4.74 Å². The minimum atomic E-state index is -0.834. The second-order valence-corrected chi connectivity index (χ2v) is 7.86. The molecule has 0 amide bonds. The highest BCUT2D eigenvalue weighted by Crippen LogP contribution is 2.20. The molecule has 0 saturated carbocycles. The third kappa shape index (κ3) is 4.75. The molecule has 2 N–H and O–H groups in total. The van der Waals surface area contributed by atoms with Gasteiger partial charge in [0, 0.05) is 26.6 Å². The first-order valence-corrected chi connectivity index (χ1v) is 9.22. The summed E-state index contributed by atoms with van der Waals surface area (Å²) in [5.74, 6) is 0. The molecule has 0 fully saturated rings. The van der Waals surface area contributed by atoms with E-state index in [1.807, 2.05) is 25.1 Å². The zero-order chi connectivity index (χ0) is 12.7. The Hall–Kier alpha value is -1.06. The molecule has 1 atom stereocenters. The Labute approximate surface area is 106 Å². The fourth-order valence-electron chi connectivity index (χ4n) is 1.77.